The van der Waals surface area contributed by atoms with Gasteiger partial charge in [-0.25, -0.2) is 13.1 Å². The zero-order chi connectivity index (χ0) is 20.9. The van der Waals surface area contributed by atoms with Crippen molar-refractivity contribution in [1.82, 2.24) is 4.72 Å². The lowest BCUT2D eigenvalue weighted by Crippen LogP contribution is -2.37. The molecule has 6 heteroatoms. The minimum atomic E-state index is -3.52. The number of hydrogen-bond donors (Lipinski definition) is 1. The number of ether oxygens (including phenoxy) is 1. The number of rotatable bonds is 8. The first-order chi connectivity index (χ1) is 13.8. The molecule has 0 aromatic heterocycles. The second kappa shape index (κ2) is 9.09. The number of methoxy groups -OCH3 is 1. The number of benzene rings is 2. The van der Waals surface area contributed by atoms with Crippen molar-refractivity contribution in [3.05, 3.63) is 65.2 Å². The molecular weight excluding hydrogens is 386 g/mol. The Hall–Kier alpha value is -2.18. The Morgan fingerprint density at radius 2 is 1.59 bits per heavy atom. The Balaban J connectivity index is 1.68. The van der Waals surface area contributed by atoms with E-state index in [0.717, 1.165) is 48.8 Å². The maximum Gasteiger partial charge on any atom is 0.309 e. The zero-order valence-corrected chi connectivity index (χ0v) is 17.9. The van der Waals surface area contributed by atoms with Crippen LogP contribution in [0.1, 0.15) is 42.4 Å². The predicted octanol–water partition coefficient (Wildman–Crippen LogP) is 3.79. The molecule has 29 heavy (non-hydrogen) atoms. The minimum Gasteiger partial charge on any atom is -0.469 e. The standard InChI is InChI=1S/C23H29NO4S/c1-18-5-11-21(12-6-18)29(26,27)24-17-23(13-3-4-14-23)16-20-9-7-19(8-10-20)15-22(25)28-2/h5-12,24H,3-4,13-17H2,1-2H3. The number of carbonyl (C=O) groups is 1. The Kier molecular flexibility index (Phi) is 6.75. The van der Waals surface area contributed by atoms with E-state index in [1.54, 1.807) is 12.1 Å². The number of sulfonamides is 1. The van der Waals surface area contributed by atoms with E-state index in [2.05, 4.69) is 4.72 Å². The average Bonchev–Trinajstić information content (AvgIpc) is 3.17. The maximum atomic E-state index is 12.7. The van der Waals surface area contributed by atoms with Gasteiger partial charge in [-0.15, -0.1) is 0 Å². The van der Waals surface area contributed by atoms with Crippen LogP contribution in [0, 0.1) is 12.3 Å². The smallest absolute Gasteiger partial charge is 0.309 e. The molecule has 156 valence electrons. The van der Waals surface area contributed by atoms with Gasteiger partial charge >= 0.3 is 5.97 Å². The summed E-state index contributed by atoms with van der Waals surface area (Å²) in [6.45, 7) is 2.38. The van der Waals surface area contributed by atoms with Gasteiger partial charge in [0.2, 0.25) is 10.0 Å². The summed E-state index contributed by atoms with van der Waals surface area (Å²) in [6, 6.07) is 14.9. The predicted molar refractivity (Wildman–Crippen MR) is 113 cm³/mol. The van der Waals surface area contributed by atoms with Gasteiger partial charge in [-0.05, 0) is 54.9 Å². The molecule has 0 saturated heterocycles. The van der Waals surface area contributed by atoms with Crippen molar-refractivity contribution >= 4 is 16.0 Å². The van der Waals surface area contributed by atoms with E-state index in [1.165, 1.54) is 7.11 Å². The van der Waals surface area contributed by atoms with Crippen molar-refractivity contribution in [2.75, 3.05) is 13.7 Å². The highest BCUT2D eigenvalue weighted by molar-refractivity contribution is 7.89. The molecule has 1 saturated carbocycles. The lowest BCUT2D eigenvalue weighted by molar-refractivity contribution is -0.139. The fourth-order valence-electron chi connectivity index (χ4n) is 4.04. The minimum absolute atomic E-state index is 0.0678. The van der Waals surface area contributed by atoms with Crippen LogP contribution in [0.3, 0.4) is 0 Å². The first-order valence-electron chi connectivity index (χ1n) is 10.0. The van der Waals surface area contributed by atoms with Crippen molar-refractivity contribution in [1.29, 1.82) is 0 Å². The molecule has 0 aliphatic heterocycles. The number of carbonyl (C=O) groups excluding carboxylic acids is 1. The van der Waals surface area contributed by atoms with Crippen LogP contribution in [0.25, 0.3) is 0 Å². The quantitative estimate of drug-likeness (QED) is 0.666. The number of esters is 1. The molecule has 0 radical (unpaired) electrons. The monoisotopic (exact) mass is 415 g/mol. The van der Waals surface area contributed by atoms with Crippen molar-refractivity contribution in [2.45, 2.75) is 50.3 Å². The van der Waals surface area contributed by atoms with Gasteiger partial charge in [-0.3, -0.25) is 4.79 Å². The van der Waals surface area contributed by atoms with Crippen LogP contribution in [0.2, 0.25) is 0 Å². The molecule has 2 aromatic carbocycles. The number of nitrogens with one attached hydrogen (secondary N) is 1. The van der Waals surface area contributed by atoms with Crippen LogP contribution < -0.4 is 4.72 Å². The largest absolute Gasteiger partial charge is 0.469 e. The van der Waals surface area contributed by atoms with Crippen molar-refractivity contribution in [2.24, 2.45) is 5.41 Å². The van der Waals surface area contributed by atoms with E-state index in [0.29, 0.717) is 11.4 Å². The molecule has 0 unspecified atom stereocenters. The van der Waals surface area contributed by atoms with Gasteiger partial charge in [0, 0.05) is 6.54 Å². The highest BCUT2D eigenvalue weighted by atomic mass is 32.2. The third-order valence-electron chi connectivity index (χ3n) is 5.81. The van der Waals surface area contributed by atoms with E-state index in [4.69, 9.17) is 4.74 Å². The van der Waals surface area contributed by atoms with Gasteiger partial charge in [-0.1, -0.05) is 54.8 Å². The van der Waals surface area contributed by atoms with Crippen LogP contribution in [0.4, 0.5) is 0 Å². The number of hydrogen-bond acceptors (Lipinski definition) is 4. The van der Waals surface area contributed by atoms with Crippen molar-refractivity contribution in [3.63, 3.8) is 0 Å². The van der Waals surface area contributed by atoms with Crippen LogP contribution in [0.5, 0.6) is 0 Å². The lowest BCUT2D eigenvalue weighted by atomic mass is 9.80. The second-order valence-corrected chi connectivity index (χ2v) is 9.86. The summed E-state index contributed by atoms with van der Waals surface area (Å²) in [4.78, 5) is 11.7. The van der Waals surface area contributed by atoms with Crippen LogP contribution in [-0.2, 0) is 32.4 Å². The normalized spacial score (nSPS) is 15.9. The molecule has 1 aliphatic rings. The Morgan fingerprint density at radius 1 is 1.00 bits per heavy atom. The van der Waals surface area contributed by atoms with Gasteiger partial charge in [0.1, 0.15) is 0 Å². The van der Waals surface area contributed by atoms with E-state index in [1.807, 2.05) is 43.3 Å². The molecular formula is C23H29NO4S. The molecule has 0 bridgehead atoms. The average molecular weight is 416 g/mol. The molecule has 2 aromatic rings. The van der Waals surface area contributed by atoms with Crippen molar-refractivity contribution in [3.8, 4) is 0 Å². The molecule has 1 aliphatic carbocycles. The van der Waals surface area contributed by atoms with Gasteiger partial charge in [0.15, 0.2) is 0 Å². The van der Waals surface area contributed by atoms with E-state index in [-0.39, 0.29) is 17.8 Å². The molecule has 1 fully saturated rings. The Morgan fingerprint density at radius 3 is 2.17 bits per heavy atom. The third kappa shape index (κ3) is 5.67. The summed E-state index contributed by atoms with van der Waals surface area (Å²) >= 11 is 0. The molecule has 1 N–H and O–H groups in total. The summed E-state index contributed by atoms with van der Waals surface area (Å²) in [5.41, 5.74) is 3.05. The second-order valence-electron chi connectivity index (χ2n) is 8.09. The highest BCUT2D eigenvalue weighted by Gasteiger charge is 2.35. The summed E-state index contributed by atoms with van der Waals surface area (Å²) in [5, 5.41) is 0. The zero-order valence-electron chi connectivity index (χ0n) is 17.1. The fraction of sp³-hybridized carbons (Fsp3) is 0.435. The topological polar surface area (TPSA) is 72.5 Å². The van der Waals surface area contributed by atoms with E-state index >= 15 is 0 Å². The Labute approximate surface area is 173 Å². The summed E-state index contributed by atoms with van der Waals surface area (Å²) < 4.78 is 33.0. The van der Waals surface area contributed by atoms with Gasteiger partial charge in [-0.2, -0.15) is 0 Å². The molecule has 0 amide bonds. The van der Waals surface area contributed by atoms with E-state index in [9.17, 15) is 13.2 Å². The fourth-order valence-corrected chi connectivity index (χ4v) is 5.19. The molecule has 0 atom stereocenters. The molecule has 3 rings (SSSR count). The molecule has 0 heterocycles. The maximum absolute atomic E-state index is 12.7. The summed E-state index contributed by atoms with van der Waals surface area (Å²) in [7, 11) is -2.13. The number of aryl methyl sites for hydroxylation is 1. The third-order valence-corrected chi connectivity index (χ3v) is 7.23. The lowest BCUT2D eigenvalue weighted by Gasteiger charge is -2.29. The summed E-state index contributed by atoms with van der Waals surface area (Å²) in [5.74, 6) is -0.254. The van der Waals surface area contributed by atoms with E-state index < -0.39 is 10.0 Å². The molecule has 0 spiro atoms. The van der Waals surface area contributed by atoms with Crippen LogP contribution in [0.15, 0.2) is 53.4 Å². The van der Waals surface area contributed by atoms with Gasteiger partial charge < -0.3 is 4.74 Å². The van der Waals surface area contributed by atoms with Gasteiger partial charge in [0.05, 0.1) is 18.4 Å². The van der Waals surface area contributed by atoms with Crippen LogP contribution >= 0.6 is 0 Å². The Bertz CT molecular complexity index is 928. The van der Waals surface area contributed by atoms with Gasteiger partial charge in [0.25, 0.3) is 0 Å². The SMILES string of the molecule is COC(=O)Cc1ccc(CC2(CNS(=O)(=O)c3ccc(C)cc3)CCCC2)cc1. The first-order valence-corrected chi connectivity index (χ1v) is 11.5. The van der Waals surface area contributed by atoms with Crippen molar-refractivity contribution < 1.29 is 17.9 Å². The molecule has 5 nitrogen and oxygen atoms in total. The van der Waals surface area contributed by atoms with Crippen LogP contribution in [-0.4, -0.2) is 28.0 Å². The summed E-state index contributed by atoms with van der Waals surface area (Å²) in [6.07, 6.45) is 5.33. The first kappa shape index (κ1) is 21.5. The highest BCUT2D eigenvalue weighted by Crippen LogP contribution is 2.40.